The van der Waals surface area contributed by atoms with E-state index in [1.807, 2.05) is 6.08 Å². The van der Waals surface area contributed by atoms with Gasteiger partial charge in [-0.05, 0) is 41.3 Å². The number of amides is 1. The van der Waals surface area contributed by atoms with Crippen LogP contribution in [0.1, 0.15) is 29.6 Å². The highest BCUT2D eigenvalue weighted by atomic mass is 79.9. The first kappa shape index (κ1) is 13.2. The van der Waals surface area contributed by atoms with E-state index >= 15 is 0 Å². The molecule has 1 amide bonds. The van der Waals surface area contributed by atoms with Gasteiger partial charge in [0.1, 0.15) is 0 Å². The lowest BCUT2D eigenvalue weighted by Gasteiger charge is -2.27. The number of carbonyl (C=O) groups excluding carboxylic acids is 1. The first-order chi connectivity index (χ1) is 8.59. The molecule has 0 spiro atoms. The quantitative estimate of drug-likeness (QED) is 0.840. The smallest absolute Gasteiger partial charge is 0.252 e. The minimum Gasteiger partial charge on any atom is -0.384 e. The van der Waals surface area contributed by atoms with Gasteiger partial charge in [0.25, 0.3) is 5.91 Å². The number of allylic oxidation sites excluding steroid dienone is 1. The molecule has 0 bridgehead atoms. The van der Waals surface area contributed by atoms with Crippen molar-refractivity contribution in [3.05, 3.63) is 40.6 Å². The van der Waals surface area contributed by atoms with Crippen LogP contribution in [0.15, 0.2) is 35.1 Å². The number of aromatic nitrogens is 1. The zero-order valence-electron chi connectivity index (χ0n) is 9.90. The van der Waals surface area contributed by atoms with Crippen LogP contribution < -0.4 is 5.32 Å². The number of carbonyl (C=O) groups is 1. The maximum Gasteiger partial charge on any atom is 0.252 e. The molecule has 1 heterocycles. The van der Waals surface area contributed by atoms with E-state index in [1.165, 1.54) is 6.20 Å². The third-order valence-corrected chi connectivity index (χ3v) is 3.36. The Kier molecular flexibility index (Phi) is 4.14. The van der Waals surface area contributed by atoms with Gasteiger partial charge in [-0.15, -0.1) is 0 Å². The van der Waals surface area contributed by atoms with Crippen LogP contribution in [0.4, 0.5) is 0 Å². The molecule has 0 saturated heterocycles. The fourth-order valence-electron chi connectivity index (χ4n) is 1.93. The Labute approximate surface area is 114 Å². The van der Waals surface area contributed by atoms with E-state index < -0.39 is 5.60 Å². The minimum atomic E-state index is -0.909. The van der Waals surface area contributed by atoms with Crippen LogP contribution in [0.2, 0.25) is 0 Å². The fourth-order valence-corrected chi connectivity index (χ4v) is 2.30. The van der Waals surface area contributed by atoms with Crippen LogP contribution in [-0.4, -0.2) is 28.1 Å². The summed E-state index contributed by atoms with van der Waals surface area (Å²) in [5.74, 6) is -0.226. The minimum absolute atomic E-state index is 0.226. The van der Waals surface area contributed by atoms with Gasteiger partial charge in [0.15, 0.2) is 0 Å². The van der Waals surface area contributed by atoms with E-state index in [9.17, 15) is 9.90 Å². The van der Waals surface area contributed by atoms with E-state index in [-0.39, 0.29) is 12.5 Å². The third kappa shape index (κ3) is 3.40. The maximum atomic E-state index is 11.9. The zero-order chi connectivity index (χ0) is 13.0. The summed E-state index contributed by atoms with van der Waals surface area (Å²) in [6.07, 6.45) is 9.47. The van der Waals surface area contributed by atoms with Gasteiger partial charge in [-0.3, -0.25) is 9.78 Å². The molecule has 1 atom stereocenters. The number of pyridine rings is 1. The van der Waals surface area contributed by atoms with Crippen molar-refractivity contribution in [2.45, 2.75) is 24.9 Å². The molecule has 2 N–H and O–H groups in total. The van der Waals surface area contributed by atoms with Crippen molar-refractivity contribution in [3.63, 3.8) is 0 Å². The van der Waals surface area contributed by atoms with Crippen LogP contribution in [0.5, 0.6) is 0 Å². The second-order valence-electron chi connectivity index (χ2n) is 4.47. The normalized spacial score (nSPS) is 22.8. The summed E-state index contributed by atoms with van der Waals surface area (Å²) in [6, 6.07) is 1.70. The molecule has 0 aromatic carbocycles. The molecule has 1 aliphatic rings. The topological polar surface area (TPSA) is 62.2 Å². The van der Waals surface area contributed by atoms with Crippen LogP contribution >= 0.6 is 15.9 Å². The summed E-state index contributed by atoms with van der Waals surface area (Å²) in [4.78, 5) is 15.8. The molecule has 0 saturated carbocycles. The predicted octanol–water partition coefficient (Wildman–Crippen LogP) is 2.05. The van der Waals surface area contributed by atoms with E-state index in [0.717, 1.165) is 17.3 Å². The number of halogens is 1. The molecular weight excluding hydrogens is 296 g/mol. The van der Waals surface area contributed by atoms with Gasteiger partial charge < -0.3 is 10.4 Å². The Morgan fingerprint density at radius 3 is 3.06 bits per heavy atom. The Morgan fingerprint density at radius 1 is 1.56 bits per heavy atom. The first-order valence-electron chi connectivity index (χ1n) is 5.88. The van der Waals surface area contributed by atoms with Crippen molar-refractivity contribution in [2.75, 3.05) is 6.54 Å². The number of nitrogens with one attached hydrogen (secondary N) is 1. The zero-order valence-corrected chi connectivity index (χ0v) is 11.5. The van der Waals surface area contributed by atoms with Gasteiger partial charge in [-0.2, -0.15) is 0 Å². The second kappa shape index (κ2) is 5.63. The van der Waals surface area contributed by atoms with Crippen molar-refractivity contribution in [1.82, 2.24) is 10.3 Å². The van der Waals surface area contributed by atoms with Gasteiger partial charge in [-0.1, -0.05) is 12.2 Å². The highest BCUT2D eigenvalue weighted by molar-refractivity contribution is 9.10. The maximum absolute atomic E-state index is 11.9. The molecule has 1 aromatic rings. The van der Waals surface area contributed by atoms with E-state index in [0.29, 0.717) is 12.0 Å². The first-order valence-corrected chi connectivity index (χ1v) is 6.67. The molecule has 0 aliphatic heterocycles. The SMILES string of the molecule is O=C(NCC1(O)C=CCCC1)c1cncc(Br)c1. The van der Waals surface area contributed by atoms with Gasteiger partial charge in [0.05, 0.1) is 17.7 Å². The summed E-state index contributed by atoms with van der Waals surface area (Å²) in [5.41, 5.74) is -0.430. The number of rotatable bonds is 3. The Morgan fingerprint density at radius 2 is 2.39 bits per heavy atom. The number of hydrogen-bond donors (Lipinski definition) is 2. The number of aliphatic hydroxyl groups is 1. The number of hydrogen-bond acceptors (Lipinski definition) is 3. The Balaban J connectivity index is 1.96. The molecule has 2 rings (SSSR count). The Hall–Kier alpha value is -1.20. The molecule has 1 unspecified atom stereocenters. The van der Waals surface area contributed by atoms with Crippen molar-refractivity contribution in [1.29, 1.82) is 0 Å². The second-order valence-corrected chi connectivity index (χ2v) is 5.39. The summed E-state index contributed by atoms with van der Waals surface area (Å²) in [5, 5.41) is 12.9. The molecule has 1 aliphatic carbocycles. The van der Waals surface area contributed by atoms with Crippen LogP contribution in [0.25, 0.3) is 0 Å². The molecular formula is C13H15BrN2O2. The molecule has 96 valence electrons. The average Bonchev–Trinajstić information content (AvgIpc) is 2.37. The van der Waals surface area contributed by atoms with Gasteiger partial charge in [-0.25, -0.2) is 0 Å². The van der Waals surface area contributed by atoms with Crippen molar-refractivity contribution < 1.29 is 9.90 Å². The van der Waals surface area contributed by atoms with E-state index in [1.54, 1.807) is 18.3 Å². The van der Waals surface area contributed by atoms with Gasteiger partial charge in [0, 0.05) is 16.9 Å². The molecule has 0 fully saturated rings. The molecule has 18 heavy (non-hydrogen) atoms. The standard InChI is InChI=1S/C13H15BrN2O2/c14-11-6-10(7-15-8-11)12(17)16-9-13(18)4-2-1-3-5-13/h2,4,6-8,18H,1,3,5,9H2,(H,16,17). The lowest BCUT2D eigenvalue weighted by atomic mass is 9.91. The van der Waals surface area contributed by atoms with Crippen LogP contribution in [0, 0.1) is 0 Å². The summed E-state index contributed by atoms with van der Waals surface area (Å²) < 4.78 is 0.756. The summed E-state index contributed by atoms with van der Waals surface area (Å²) in [7, 11) is 0. The van der Waals surface area contributed by atoms with Crippen molar-refractivity contribution in [2.24, 2.45) is 0 Å². The third-order valence-electron chi connectivity index (χ3n) is 2.93. The summed E-state index contributed by atoms with van der Waals surface area (Å²) in [6.45, 7) is 0.231. The van der Waals surface area contributed by atoms with Gasteiger partial charge >= 0.3 is 0 Å². The summed E-state index contributed by atoms with van der Waals surface area (Å²) >= 11 is 3.27. The lowest BCUT2D eigenvalue weighted by molar-refractivity contribution is 0.0660. The monoisotopic (exact) mass is 310 g/mol. The largest absolute Gasteiger partial charge is 0.384 e. The van der Waals surface area contributed by atoms with Crippen molar-refractivity contribution in [3.8, 4) is 0 Å². The predicted molar refractivity (Wildman–Crippen MR) is 72.2 cm³/mol. The van der Waals surface area contributed by atoms with Crippen LogP contribution in [0.3, 0.4) is 0 Å². The highest BCUT2D eigenvalue weighted by Gasteiger charge is 2.25. The molecule has 0 radical (unpaired) electrons. The van der Waals surface area contributed by atoms with E-state index in [4.69, 9.17) is 0 Å². The Bertz CT molecular complexity index is 476. The average molecular weight is 311 g/mol. The molecule has 5 heteroatoms. The molecule has 1 aromatic heterocycles. The van der Waals surface area contributed by atoms with E-state index in [2.05, 4.69) is 26.2 Å². The van der Waals surface area contributed by atoms with Crippen molar-refractivity contribution >= 4 is 21.8 Å². The number of nitrogens with zero attached hydrogens (tertiary/aromatic N) is 1. The van der Waals surface area contributed by atoms with Crippen LogP contribution in [-0.2, 0) is 0 Å². The fraction of sp³-hybridized carbons (Fsp3) is 0.385. The lowest BCUT2D eigenvalue weighted by Crippen LogP contribution is -2.42. The highest BCUT2D eigenvalue weighted by Crippen LogP contribution is 2.21. The molecule has 4 nitrogen and oxygen atoms in total. The van der Waals surface area contributed by atoms with Gasteiger partial charge in [0.2, 0.25) is 0 Å².